The average Bonchev–Trinajstić information content (AvgIpc) is 2.52. The third-order valence-corrected chi connectivity index (χ3v) is 5.25. The van der Waals surface area contributed by atoms with Gasteiger partial charge in [0, 0.05) is 6.04 Å². The third-order valence-electron chi connectivity index (χ3n) is 3.53. The molecule has 3 atom stereocenters. The number of aliphatic hydroxyl groups excluding tert-OH is 1. The van der Waals surface area contributed by atoms with E-state index in [1.165, 1.54) is 19.3 Å². The fourth-order valence-electron chi connectivity index (χ4n) is 2.29. The molecule has 1 aliphatic rings. The highest BCUT2D eigenvalue weighted by molar-refractivity contribution is 7.91. The van der Waals surface area contributed by atoms with Gasteiger partial charge in [0.25, 0.3) is 0 Å². The van der Waals surface area contributed by atoms with Crippen molar-refractivity contribution in [1.82, 2.24) is 5.32 Å². The molecule has 3 unspecified atom stereocenters. The summed E-state index contributed by atoms with van der Waals surface area (Å²) in [7, 11) is -3.03. The summed E-state index contributed by atoms with van der Waals surface area (Å²) >= 11 is 0. The maximum Gasteiger partial charge on any atom is 0.154 e. The van der Waals surface area contributed by atoms with E-state index in [4.69, 9.17) is 0 Å². The Bertz CT molecular complexity index is 316. The number of rotatable bonds is 7. The van der Waals surface area contributed by atoms with Crippen molar-refractivity contribution in [3.8, 4) is 0 Å². The van der Waals surface area contributed by atoms with E-state index < -0.39 is 15.9 Å². The number of nitrogens with one attached hydrogen (secondary N) is 1. The first-order chi connectivity index (χ1) is 7.98. The number of hydrogen-bond donors (Lipinski definition) is 2. The first-order valence-corrected chi connectivity index (χ1v) is 8.42. The maximum atomic E-state index is 11.3. The molecule has 0 bridgehead atoms. The summed E-state index contributed by atoms with van der Waals surface area (Å²) in [5.74, 6) is 0.583. The van der Waals surface area contributed by atoms with Crippen LogP contribution in [-0.2, 0) is 9.84 Å². The Morgan fingerprint density at radius 3 is 2.53 bits per heavy atom. The molecule has 0 aromatic rings. The molecule has 0 saturated carbocycles. The highest BCUT2D eigenvalue weighted by Crippen LogP contribution is 2.15. The van der Waals surface area contributed by atoms with Crippen molar-refractivity contribution in [2.45, 2.75) is 51.7 Å². The molecule has 0 spiro atoms. The highest BCUT2D eigenvalue weighted by atomic mass is 32.2. The normalized spacial score (nSPS) is 29.4. The van der Waals surface area contributed by atoms with Gasteiger partial charge in [-0.25, -0.2) is 8.42 Å². The van der Waals surface area contributed by atoms with E-state index in [0.29, 0.717) is 5.92 Å². The minimum atomic E-state index is -3.03. The summed E-state index contributed by atoms with van der Waals surface area (Å²) in [5, 5.41) is 12.9. The zero-order chi connectivity index (χ0) is 12.9. The smallest absolute Gasteiger partial charge is 0.154 e. The zero-order valence-corrected chi connectivity index (χ0v) is 11.7. The Balaban J connectivity index is 2.34. The van der Waals surface area contributed by atoms with E-state index in [9.17, 15) is 13.5 Å². The summed E-state index contributed by atoms with van der Waals surface area (Å²) in [6.45, 7) is 5.14. The summed E-state index contributed by atoms with van der Waals surface area (Å²) in [5.41, 5.74) is 0. The third kappa shape index (κ3) is 4.94. The second-order valence-corrected chi connectivity index (χ2v) is 7.23. The van der Waals surface area contributed by atoms with E-state index in [2.05, 4.69) is 19.2 Å². The number of aliphatic hydroxyl groups is 1. The van der Waals surface area contributed by atoms with Crippen LogP contribution in [0.25, 0.3) is 0 Å². The van der Waals surface area contributed by atoms with Crippen LogP contribution >= 0.6 is 0 Å². The van der Waals surface area contributed by atoms with Crippen LogP contribution in [-0.4, -0.2) is 43.7 Å². The first-order valence-electron chi connectivity index (χ1n) is 6.60. The van der Waals surface area contributed by atoms with E-state index in [-0.39, 0.29) is 17.5 Å². The molecular formula is C12H25NO3S. The predicted octanol–water partition coefficient (Wildman–Crippen LogP) is 0.950. The maximum absolute atomic E-state index is 11.3. The van der Waals surface area contributed by atoms with Crippen LogP contribution in [0.2, 0.25) is 0 Å². The molecule has 0 aromatic carbocycles. The largest absolute Gasteiger partial charge is 0.390 e. The Morgan fingerprint density at radius 2 is 2.06 bits per heavy atom. The molecule has 17 heavy (non-hydrogen) atoms. The Morgan fingerprint density at radius 1 is 1.35 bits per heavy atom. The molecule has 5 heteroatoms. The van der Waals surface area contributed by atoms with Gasteiger partial charge in [-0.2, -0.15) is 0 Å². The van der Waals surface area contributed by atoms with E-state index in [1.54, 1.807) is 0 Å². The van der Waals surface area contributed by atoms with E-state index in [1.807, 2.05) is 0 Å². The topological polar surface area (TPSA) is 66.4 Å². The summed E-state index contributed by atoms with van der Waals surface area (Å²) in [4.78, 5) is 0. The highest BCUT2D eigenvalue weighted by Gasteiger charge is 2.36. The summed E-state index contributed by atoms with van der Waals surface area (Å²) in [6.07, 6.45) is 3.95. The van der Waals surface area contributed by atoms with Gasteiger partial charge >= 0.3 is 0 Å². The van der Waals surface area contributed by atoms with Crippen molar-refractivity contribution >= 4 is 9.84 Å². The lowest BCUT2D eigenvalue weighted by molar-refractivity contribution is 0.162. The minimum absolute atomic E-state index is 0.0817. The molecule has 4 nitrogen and oxygen atoms in total. The molecule has 1 aliphatic heterocycles. The number of sulfone groups is 1. The van der Waals surface area contributed by atoms with Crippen molar-refractivity contribution < 1.29 is 13.5 Å². The van der Waals surface area contributed by atoms with Gasteiger partial charge in [-0.1, -0.05) is 33.1 Å². The van der Waals surface area contributed by atoms with E-state index >= 15 is 0 Å². The van der Waals surface area contributed by atoms with Crippen molar-refractivity contribution in [3.63, 3.8) is 0 Å². The van der Waals surface area contributed by atoms with Gasteiger partial charge in [-0.15, -0.1) is 0 Å². The molecule has 0 aliphatic carbocycles. The molecule has 1 fully saturated rings. The zero-order valence-electron chi connectivity index (χ0n) is 10.9. The van der Waals surface area contributed by atoms with Gasteiger partial charge in [-0.05, 0) is 18.9 Å². The van der Waals surface area contributed by atoms with Crippen molar-refractivity contribution in [3.05, 3.63) is 0 Å². The predicted molar refractivity (Wildman–Crippen MR) is 69.8 cm³/mol. The molecule has 1 saturated heterocycles. The second kappa shape index (κ2) is 6.71. The van der Waals surface area contributed by atoms with Crippen molar-refractivity contribution in [1.29, 1.82) is 0 Å². The van der Waals surface area contributed by atoms with Gasteiger partial charge in [0.15, 0.2) is 9.84 Å². The molecule has 1 heterocycles. The summed E-state index contributed by atoms with van der Waals surface area (Å²) in [6, 6.07) is -0.268. The average molecular weight is 263 g/mol. The van der Waals surface area contributed by atoms with Gasteiger partial charge < -0.3 is 10.4 Å². The van der Waals surface area contributed by atoms with Crippen LogP contribution in [0, 0.1) is 5.92 Å². The van der Waals surface area contributed by atoms with Gasteiger partial charge in [0.1, 0.15) is 0 Å². The minimum Gasteiger partial charge on any atom is -0.390 e. The van der Waals surface area contributed by atoms with Crippen LogP contribution in [0.3, 0.4) is 0 Å². The second-order valence-electron chi connectivity index (χ2n) is 5.08. The van der Waals surface area contributed by atoms with Gasteiger partial charge in [0.2, 0.25) is 0 Å². The number of hydrogen-bond acceptors (Lipinski definition) is 4. The van der Waals surface area contributed by atoms with Gasteiger partial charge in [-0.3, -0.25) is 0 Å². The molecule has 0 aromatic heterocycles. The lowest BCUT2D eigenvalue weighted by Gasteiger charge is -2.20. The fraction of sp³-hybridized carbons (Fsp3) is 1.00. The van der Waals surface area contributed by atoms with Crippen LogP contribution < -0.4 is 5.32 Å². The Hall–Kier alpha value is -0.130. The monoisotopic (exact) mass is 263 g/mol. The van der Waals surface area contributed by atoms with Crippen LogP contribution in [0.1, 0.15) is 39.5 Å². The molecule has 1 rings (SSSR count). The van der Waals surface area contributed by atoms with Crippen molar-refractivity contribution in [2.24, 2.45) is 5.92 Å². The molecule has 0 radical (unpaired) electrons. The molecule has 2 N–H and O–H groups in total. The fourth-order valence-corrected chi connectivity index (χ4v) is 4.06. The number of unbranched alkanes of at least 4 members (excludes halogenated alkanes) is 1. The summed E-state index contributed by atoms with van der Waals surface area (Å²) < 4.78 is 22.7. The Labute approximate surface area is 105 Å². The molecule has 102 valence electrons. The van der Waals surface area contributed by atoms with Crippen molar-refractivity contribution in [2.75, 3.05) is 18.1 Å². The molecule has 0 amide bonds. The SMILES string of the molecule is CCCCC(CC)CNC1CS(=O)(=O)CC1O. The van der Waals surface area contributed by atoms with Crippen LogP contribution in [0.4, 0.5) is 0 Å². The lowest BCUT2D eigenvalue weighted by Crippen LogP contribution is -2.41. The van der Waals surface area contributed by atoms with E-state index in [0.717, 1.165) is 13.0 Å². The van der Waals surface area contributed by atoms with Gasteiger partial charge in [0.05, 0.1) is 17.6 Å². The quantitative estimate of drug-likeness (QED) is 0.718. The lowest BCUT2D eigenvalue weighted by atomic mass is 9.99. The molecular weight excluding hydrogens is 238 g/mol. The standard InChI is InChI=1S/C12H25NO3S/c1-3-5-6-10(4-2)7-13-11-8-17(15,16)9-12(11)14/h10-14H,3-9H2,1-2H3. The first kappa shape index (κ1) is 14.9. The van der Waals surface area contributed by atoms with Crippen LogP contribution in [0.15, 0.2) is 0 Å². The van der Waals surface area contributed by atoms with Crippen LogP contribution in [0.5, 0.6) is 0 Å². The Kier molecular flexibility index (Phi) is 5.89.